The predicted octanol–water partition coefficient (Wildman–Crippen LogP) is 2.02. The monoisotopic (exact) mass is 150 g/mol. The number of rotatable bonds is 0. The van der Waals surface area contributed by atoms with Crippen molar-refractivity contribution < 1.29 is 17.9 Å². The minimum absolute atomic E-state index is 0.958. The lowest BCUT2D eigenvalue weighted by atomic mass is 10.3. The first kappa shape index (κ1) is 7.18. The van der Waals surface area contributed by atoms with Gasteiger partial charge < -0.3 is 4.74 Å². The Labute approximate surface area is 55.8 Å². The van der Waals surface area contributed by atoms with Gasteiger partial charge in [0.05, 0.1) is 6.26 Å². The van der Waals surface area contributed by atoms with Crippen molar-refractivity contribution in [2.24, 2.45) is 0 Å². The van der Waals surface area contributed by atoms with E-state index in [4.69, 9.17) is 0 Å². The summed E-state index contributed by atoms with van der Waals surface area (Å²) >= 11 is 0. The fraction of sp³-hybridized carbons (Fsp3) is 0.333. The second-order valence-electron chi connectivity index (χ2n) is 1.81. The normalized spacial score (nSPS) is 24.5. The summed E-state index contributed by atoms with van der Waals surface area (Å²) in [5.74, 6) is 0. The number of alkyl halides is 3. The van der Waals surface area contributed by atoms with E-state index in [1.165, 1.54) is 12.2 Å². The smallest absolute Gasteiger partial charge is 0.429 e. The molecule has 4 heteroatoms. The average molecular weight is 150 g/mol. The van der Waals surface area contributed by atoms with Gasteiger partial charge in [-0.2, -0.15) is 13.2 Å². The summed E-state index contributed by atoms with van der Waals surface area (Å²) in [7, 11) is 0. The SMILES string of the molecule is FC(F)(F)C1C=CC=CO1. The van der Waals surface area contributed by atoms with Gasteiger partial charge in [-0.05, 0) is 12.2 Å². The van der Waals surface area contributed by atoms with E-state index in [0.29, 0.717) is 0 Å². The Hall–Kier alpha value is -0.930. The lowest BCUT2D eigenvalue weighted by Gasteiger charge is -2.17. The molecule has 0 amide bonds. The second-order valence-corrected chi connectivity index (χ2v) is 1.81. The molecule has 0 aliphatic carbocycles. The summed E-state index contributed by atoms with van der Waals surface area (Å²) in [5, 5.41) is 0. The topological polar surface area (TPSA) is 9.23 Å². The van der Waals surface area contributed by atoms with Crippen LogP contribution in [-0.2, 0) is 4.74 Å². The van der Waals surface area contributed by atoms with Crippen LogP contribution in [0.1, 0.15) is 0 Å². The van der Waals surface area contributed by atoms with E-state index < -0.39 is 12.3 Å². The third-order valence-corrected chi connectivity index (χ3v) is 1.02. The minimum atomic E-state index is -4.29. The highest BCUT2D eigenvalue weighted by molar-refractivity contribution is 5.09. The number of allylic oxidation sites excluding steroid dienone is 2. The molecule has 0 saturated heterocycles. The summed E-state index contributed by atoms with van der Waals surface area (Å²) in [6.45, 7) is 0. The van der Waals surface area contributed by atoms with E-state index in [2.05, 4.69) is 4.74 Å². The van der Waals surface area contributed by atoms with E-state index in [0.717, 1.165) is 12.3 Å². The number of hydrogen-bond donors (Lipinski definition) is 0. The molecule has 1 heterocycles. The van der Waals surface area contributed by atoms with Crippen molar-refractivity contribution in [3.63, 3.8) is 0 Å². The van der Waals surface area contributed by atoms with Gasteiger partial charge in [0, 0.05) is 0 Å². The second kappa shape index (κ2) is 2.36. The third-order valence-electron chi connectivity index (χ3n) is 1.02. The molecule has 1 nitrogen and oxygen atoms in total. The highest BCUT2D eigenvalue weighted by atomic mass is 19.4. The summed E-state index contributed by atoms with van der Waals surface area (Å²) in [6.07, 6.45) is -1.36. The Balaban J connectivity index is 2.60. The first-order chi connectivity index (χ1) is 4.61. The first-order valence-electron chi connectivity index (χ1n) is 2.66. The van der Waals surface area contributed by atoms with E-state index in [1.54, 1.807) is 0 Å². The van der Waals surface area contributed by atoms with Crippen molar-refractivity contribution in [2.75, 3.05) is 0 Å². The molecule has 1 rings (SSSR count). The van der Waals surface area contributed by atoms with Crippen molar-refractivity contribution in [3.05, 3.63) is 24.5 Å². The third kappa shape index (κ3) is 1.52. The highest BCUT2D eigenvalue weighted by Crippen LogP contribution is 2.25. The Kier molecular flexibility index (Phi) is 1.70. The molecule has 0 bridgehead atoms. The van der Waals surface area contributed by atoms with Crippen LogP contribution in [0.25, 0.3) is 0 Å². The summed E-state index contributed by atoms with van der Waals surface area (Å²) < 4.78 is 39.4. The molecule has 1 atom stereocenters. The highest BCUT2D eigenvalue weighted by Gasteiger charge is 2.39. The molecule has 1 aliphatic rings. The van der Waals surface area contributed by atoms with Crippen LogP contribution in [-0.4, -0.2) is 12.3 Å². The van der Waals surface area contributed by atoms with Crippen molar-refractivity contribution >= 4 is 0 Å². The van der Waals surface area contributed by atoms with Crippen LogP contribution in [0, 0.1) is 0 Å². The molecule has 0 N–H and O–H groups in total. The molecule has 0 aromatic carbocycles. The molecule has 0 saturated carbocycles. The quantitative estimate of drug-likeness (QED) is 0.513. The van der Waals surface area contributed by atoms with Gasteiger partial charge in [0.2, 0.25) is 6.10 Å². The van der Waals surface area contributed by atoms with Gasteiger partial charge in [-0.3, -0.25) is 0 Å². The van der Waals surface area contributed by atoms with Gasteiger partial charge in [-0.25, -0.2) is 0 Å². The van der Waals surface area contributed by atoms with E-state index in [1.807, 2.05) is 0 Å². The maximum absolute atomic E-state index is 11.7. The maximum Gasteiger partial charge on any atom is 0.429 e. The van der Waals surface area contributed by atoms with Crippen molar-refractivity contribution in [1.82, 2.24) is 0 Å². The van der Waals surface area contributed by atoms with E-state index >= 15 is 0 Å². The fourth-order valence-corrected chi connectivity index (χ4v) is 0.572. The fourth-order valence-electron chi connectivity index (χ4n) is 0.572. The average Bonchev–Trinajstić information content (AvgIpc) is 1.88. The number of halogens is 3. The first-order valence-corrected chi connectivity index (χ1v) is 2.66. The Morgan fingerprint density at radius 2 is 1.90 bits per heavy atom. The molecule has 1 unspecified atom stereocenters. The number of ether oxygens (including phenoxy) is 1. The molecule has 1 aliphatic heterocycles. The van der Waals surface area contributed by atoms with Crippen LogP contribution in [0.15, 0.2) is 24.5 Å². The minimum Gasteiger partial charge on any atom is -0.484 e. The van der Waals surface area contributed by atoms with Crippen LogP contribution in [0.4, 0.5) is 13.2 Å². The van der Waals surface area contributed by atoms with Crippen molar-refractivity contribution in [3.8, 4) is 0 Å². The summed E-state index contributed by atoms with van der Waals surface area (Å²) in [5.41, 5.74) is 0. The molecule has 0 radical (unpaired) electrons. The van der Waals surface area contributed by atoms with Crippen molar-refractivity contribution in [1.29, 1.82) is 0 Å². The maximum atomic E-state index is 11.7. The molecule has 0 spiro atoms. The van der Waals surface area contributed by atoms with Crippen LogP contribution < -0.4 is 0 Å². The van der Waals surface area contributed by atoms with Gasteiger partial charge >= 0.3 is 6.18 Å². The molecule has 10 heavy (non-hydrogen) atoms. The molecular formula is C6H5F3O. The Morgan fingerprint density at radius 1 is 1.20 bits per heavy atom. The lowest BCUT2D eigenvalue weighted by Crippen LogP contribution is -2.28. The molecule has 0 fully saturated rings. The van der Waals surface area contributed by atoms with Gasteiger partial charge in [0.25, 0.3) is 0 Å². The molecule has 56 valence electrons. The van der Waals surface area contributed by atoms with Crippen LogP contribution in [0.3, 0.4) is 0 Å². The largest absolute Gasteiger partial charge is 0.484 e. The van der Waals surface area contributed by atoms with E-state index in [9.17, 15) is 13.2 Å². The Bertz CT molecular complexity index is 168. The van der Waals surface area contributed by atoms with Gasteiger partial charge in [0.1, 0.15) is 0 Å². The van der Waals surface area contributed by atoms with Gasteiger partial charge in [-0.1, -0.05) is 6.08 Å². The van der Waals surface area contributed by atoms with Crippen LogP contribution >= 0.6 is 0 Å². The lowest BCUT2D eigenvalue weighted by molar-refractivity contribution is -0.190. The zero-order chi connectivity index (χ0) is 7.61. The van der Waals surface area contributed by atoms with E-state index in [-0.39, 0.29) is 0 Å². The van der Waals surface area contributed by atoms with Gasteiger partial charge in [-0.15, -0.1) is 0 Å². The predicted molar refractivity (Wildman–Crippen MR) is 29.2 cm³/mol. The summed E-state index contributed by atoms with van der Waals surface area (Å²) in [6, 6.07) is 0. The summed E-state index contributed by atoms with van der Waals surface area (Å²) in [4.78, 5) is 0. The molecule has 0 aromatic rings. The Morgan fingerprint density at radius 3 is 2.20 bits per heavy atom. The van der Waals surface area contributed by atoms with Crippen LogP contribution in [0.5, 0.6) is 0 Å². The standard InChI is InChI=1S/C6H5F3O/c7-6(8,9)5-3-1-2-4-10-5/h1-5H. The van der Waals surface area contributed by atoms with Crippen LogP contribution in [0.2, 0.25) is 0 Å². The molecule has 0 aromatic heterocycles. The van der Waals surface area contributed by atoms with Crippen molar-refractivity contribution in [2.45, 2.75) is 12.3 Å². The zero-order valence-electron chi connectivity index (χ0n) is 4.93. The zero-order valence-corrected chi connectivity index (χ0v) is 4.93. The van der Waals surface area contributed by atoms with Gasteiger partial charge in [0.15, 0.2) is 0 Å². The number of hydrogen-bond acceptors (Lipinski definition) is 1. The molecular weight excluding hydrogens is 145 g/mol.